The van der Waals surface area contributed by atoms with Crippen LogP contribution in [-0.4, -0.2) is 49.3 Å². The Bertz CT molecular complexity index is 1700. The van der Waals surface area contributed by atoms with E-state index in [-0.39, 0.29) is 16.9 Å². The second-order valence-corrected chi connectivity index (χ2v) is 13.7. The lowest BCUT2D eigenvalue weighted by molar-refractivity contribution is -0.00488. The van der Waals surface area contributed by atoms with E-state index in [4.69, 9.17) is 0 Å². The Balaban J connectivity index is 1.36. The van der Waals surface area contributed by atoms with Crippen LogP contribution in [0.4, 0.5) is 16.5 Å². The first kappa shape index (κ1) is 30.6. The molecule has 0 saturated carbocycles. The van der Waals surface area contributed by atoms with Gasteiger partial charge in [-0.1, -0.05) is 56.4 Å². The smallest absolute Gasteiger partial charge is 0.274 e. The summed E-state index contributed by atoms with van der Waals surface area (Å²) in [6.07, 6.45) is 3.06. The molecule has 0 aliphatic carbocycles. The zero-order valence-corrected chi connectivity index (χ0v) is 26.2. The van der Waals surface area contributed by atoms with Crippen LogP contribution in [0, 0.1) is 6.92 Å². The molecule has 0 radical (unpaired) electrons. The molecule has 2 aromatic heterocycles. The number of aromatic nitrogens is 2. The van der Waals surface area contributed by atoms with Gasteiger partial charge >= 0.3 is 0 Å². The number of nitrogens with zero attached hydrogens (tertiary/aromatic N) is 3. The highest BCUT2D eigenvalue weighted by Gasteiger charge is 2.35. The maximum absolute atomic E-state index is 13.1. The number of aryl methyl sites for hydroxylation is 1. The number of thiazole rings is 1. The lowest BCUT2D eigenvalue weighted by Gasteiger charge is -2.23. The van der Waals surface area contributed by atoms with Crippen LogP contribution >= 0.6 is 11.3 Å². The molecule has 43 heavy (non-hydrogen) atoms. The van der Waals surface area contributed by atoms with Crippen molar-refractivity contribution in [3.05, 3.63) is 92.8 Å². The molecule has 2 unspecified atom stereocenters. The fourth-order valence-electron chi connectivity index (χ4n) is 5.30. The largest absolute Gasteiger partial charge is 0.389 e. The van der Waals surface area contributed by atoms with Crippen LogP contribution in [0.15, 0.2) is 65.7 Å². The van der Waals surface area contributed by atoms with E-state index in [9.17, 15) is 19.8 Å². The Morgan fingerprint density at radius 3 is 2.51 bits per heavy atom. The number of carbonyl (C=O) groups excluding carboxylic acids is 1. The second-order valence-electron chi connectivity index (χ2n) is 12.6. The number of benzene rings is 2. The first-order valence-electron chi connectivity index (χ1n) is 14.3. The van der Waals surface area contributed by atoms with E-state index < -0.39 is 11.8 Å². The molecular weight excluding hydrogens is 562 g/mol. The summed E-state index contributed by atoms with van der Waals surface area (Å²) in [7, 11) is 1.69. The number of nitrogens with one attached hydrogen (secondary N) is 2. The molecule has 2 atom stereocenters. The SMILES string of the molecule is Cc1c(NC(=O)c2ccc(C(C)(C)C)cc2)cccc1-c1cc(Nc2ncc(C(O)N3CCC(C)(O)C3)s2)c(=O)n(C)c1. The molecule has 1 aliphatic rings. The van der Waals surface area contributed by atoms with Crippen molar-refractivity contribution < 1.29 is 15.0 Å². The molecule has 4 N–H and O–H groups in total. The summed E-state index contributed by atoms with van der Waals surface area (Å²) < 4.78 is 1.51. The summed E-state index contributed by atoms with van der Waals surface area (Å²) in [5.74, 6) is -0.192. The van der Waals surface area contributed by atoms with Gasteiger partial charge in [-0.25, -0.2) is 4.98 Å². The van der Waals surface area contributed by atoms with Crippen LogP contribution in [0.3, 0.4) is 0 Å². The van der Waals surface area contributed by atoms with Gasteiger partial charge in [-0.15, -0.1) is 0 Å². The number of anilines is 3. The number of β-amino-alcohol motifs (C(OH)–C–C–N with tert-alkyl or cyclic N) is 1. The lowest BCUT2D eigenvalue weighted by atomic mass is 9.86. The molecule has 10 heteroatoms. The highest BCUT2D eigenvalue weighted by molar-refractivity contribution is 7.15. The van der Waals surface area contributed by atoms with E-state index in [0.29, 0.717) is 46.5 Å². The van der Waals surface area contributed by atoms with E-state index >= 15 is 0 Å². The van der Waals surface area contributed by atoms with Crippen molar-refractivity contribution in [1.29, 1.82) is 0 Å². The summed E-state index contributed by atoms with van der Waals surface area (Å²) in [5, 5.41) is 27.7. The number of likely N-dealkylation sites (tertiary alicyclic amines) is 1. The van der Waals surface area contributed by atoms with E-state index in [1.165, 1.54) is 15.9 Å². The molecule has 1 aliphatic heterocycles. The molecule has 5 rings (SSSR count). The third kappa shape index (κ3) is 6.73. The maximum atomic E-state index is 13.1. The Hall–Kier alpha value is -3.83. The zero-order chi connectivity index (χ0) is 31.1. The molecule has 1 amide bonds. The summed E-state index contributed by atoms with van der Waals surface area (Å²) in [5.41, 5.74) is 4.25. The molecule has 3 heterocycles. The van der Waals surface area contributed by atoms with Crippen molar-refractivity contribution in [2.45, 2.75) is 58.3 Å². The van der Waals surface area contributed by atoms with Gasteiger partial charge in [-0.3, -0.25) is 14.5 Å². The average Bonchev–Trinajstić information content (AvgIpc) is 3.57. The van der Waals surface area contributed by atoms with Gasteiger partial charge in [0.2, 0.25) is 0 Å². The standard InChI is InChI=1S/C33H39N5O4S/c1-20-24(8-7-9-25(20)35-28(39)21-10-12-23(13-11-21)32(2,3)4)22-16-26(29(40)37(6)18-22)36-31-34-17-27(43-31)30(41)38-15-14-33(5,42)19-38/h7-13,16-18,30,41-42H,14-15,19H2,1-6H3,(H,34,36)(H,35,39). The molecular formula is C33H39N5O4S. The number of aliphatic hydroxyl groups is 2. The summed E-state index contributed by atoms with van der Waals surface area (Å²) in [6.45, 7) is 11.1. The molecule has 2 aromatic carbocycles. The molecule has 1 fully saturated rings. The van der Waals surface area contributed by atoms with Gasteiger partial charge < -0.3 is 25.4 Å². The third-order valence-corrected chi connectivity index (χ3v) is 8.89. The summed E-state index contributed by atoms with van der Waals surface area (Å²) in [4.78, 5) is 33.0. The first-order valence-corrected chi connectivity index (χ1v) is 15.1. The number of carbonyl (C=O) groups is 1. The minimum Gasteiger partial charge on any atom is -0.389 e. The topological polar surface area (TPSA) is 120 Å². The fraction of sp³-hybridized carbons (Fsp3) is 0.364. The minimum absolute atomic E-state index is 0.00321. The van der Waals surface area contributed by atoms with Crippen LogP contribution in [0.25, 0.3) is 11.1 Å². The number of hydrogen-bond acceptors (Lipinski definition) is 8. The number of aliphatic hydroxyl groups excluding tert-OH is 1. The normalized spacial score (nSPS) is 18.0. The summed E-state index contributed by atoms with van der Waals surface area (Å²) in [6, 6.07) is 15.1. The minimum atomic E-state index is -0.881. The number of amides is 1. The average molecular weight is 602 g/mol. The Morgan fingerprint density at radius 2 is 1.86 bits per heavy atom. The second kappa shape index (κ2) is 11.7. The lowest BCUT2D eigenvalue weighted by Crippen LogP contribution is -2.32. The zero-order valence-electron chi connectivity index (χ0n) is 25.4. The number of pyridine rings is 1. The summed E-state index contributed by atoms with van der Waals surface area (Å²) >= 11 is 1.26. The van der Waals surface area contributed by atoms with Gasteiger partial charge in [-0.2, -0.15) is 0 Å². The van der Waals surface area contributed by atoms with E-state index in [1.54, 1.807) is 32.4 Å². The van der Waals surface area contributed by atoms with Crippen LogP contribution < -0.4 is 16.2 Å². The van der Waals surface area contributed by atoms with Gasteiger partial charge in [0.1, 0.15) is 11.9 Å². The third-order valence-electron chi connectivity index (χ3n) is 7.94. The van der Waals surface area contributed by atoms with Crippen LogP contribution in [0.2, 0.25) is 0 Å². The van der Waals surface area contributed by atoms with Crippen molar-refractivity contribution in [2.75, 3.05) is 23.7 Å². The van der Waals surface area contributed by atoms with Crippen LogP contribution in [-0.2, 0) is 12.5 Å². The highest BCUT2D eigenvalue weighted by atomic mass is 32.1. The fourth-order valence-corrected chi connectivity index (χ4v) is 6.15. The van der Waals surface area contributed by atoms with Crippen molar-refractivity contribution in [2.24, 2.45) is 7.05 Å². The van der Waals surface area contributed by atoms with Gasteiger partial charge in [0.05, 0.1) is 10.5 Å². The molecule has 1 saturated heterocycles. The van der Waals surface area contributed by atoms with Crippen molar-refractivity contribution >= 4 is 33.8 Å². The predicted molar refractivity (Wildman–Crippen MR) is 172 cm³/mol. The molecule has 0 spiro atoms. The van der Waals surface area contributed by atoms with E-state index in [2.05, 4.69) is 36.4 Å². The number of hydrogen-bond donors (Lipinski definition) is 4. The predicted octanol–water partition coefficient (Wildman–Crippen LogP) is 5.56. The highest BCUT2D eigenvalue weighted by Crippen LogP contribution is 2.34. The Kier molecular flexibility index (Phi) is 8.32. The van der Waals surface area contributed by atoms with E-state index in [1.807, 2.05) is 54.3 Å². The van der Waals surface area contributed by atoms with E-state index in [0.717, 1.165) is 22.3 Å². The monoisotopic (exact) mass is 601 g/mol. The molecule has 4 aromatic rings. The first-order chi connectivity index (χ1) is 20.2. The van der Waals surface area contributed by atoms with Crippen LogP contribution in [0.1, 0.15) is 66.7 Å². The van der Waals surface area contributed by atoms with Gasteiger partial charge in [0.25, 0.3) is 11.5 Å². The Morgan fingerprint density at radius 1 is 1.14 bits per heavy atom. The van der Waals surface area contributed by atoms with Crippen molar-refractivity contribution in [1.82, 2.24) is 14.5 Å². The molecule has 0 bridgehead atoms. The molecule has 9 nitrogen and oxygen atoms in total. The van der Waals surface area contributed by atoms with Crippen molar-refractivity contribution in [3.8, 4) is 11.1 Å². The molecule has 226 valence electrons. The van der Waals surface area contributed by atoms with Gasteiger partial charge in [0, 0.05) is 49.3 Å². The van der Waals surface area contributed by atoms with Crippen LogP contribution in [0.5, 0.6) is 0 Å². The quantitative estimate of drug-likeness (QED) is 0.219. The van der Waals surface area contributed by atoms with Crippen molar-refractivity contribution in [3.63, 3.8) is 0 Å². The van der Waals surface area contributed by atoms with Gasteiger partial charge in [-0.05, 0) is 66.6 Å². The maximum Gasteiger partial charge on any atom is 0.274 e. The van der Waals surface area contributed by atoms with Gasteiger partial charge in [0.15, 0.2) is 5.13 Å². The Labute approximate surface area is 255 Å². The number of rotatable bonds is 7.